The summed E-state index contributed by atoms with van der Waals surface area (Å²) in [5, 5.41) is 0. The Hall–Kier alpha value is -1.96. The first-order chi connectivity index (χ1) is 12.1. The van der Waals surface area contributed by atoms with Gasteiger partial charge in [0.15, 0.2) is 0 Å². The Kier molecular flexibility index (Phi) is 6.39. The molecule has 0 aliphatic heterocycles. The summed E-state index contributed by atoms with van der Waals surface area (Å²) in [7, 11) is 4.23. The molecule has 0 aromatic heterocycles. The zero-order chi connectivity index (χ0) is 19.5. The van der Waals surface area contributed by atoms with Crippen molar-refractivity contribution in [3.63, 3.8) is 0 Å². The maximum atomic E-state index is 13.4. The Morgan fingerprint density at radius 1 is 1.12 bits per heavy atom. The van der Waals surface area contributed by atoms with Gasteiger partial charge in [-0.15, -0.1) is 0 Å². The van der Waals surface area contributed by atoms with E-state index in [2.05, 4.69) is 4.72 Å². The second-order valence-electron chi connectivity index (χ2n) is 6.88. The van der Waals surface area contributed by atoms with Gasteiger partial charge < -0.3 is 9.80 Å². The van der Waals surface area contributed by atoms with Gasteiger partial charge in [0, 0.05) is 25.3 Å². The summed E-state index contributed by atoms with van der Waals surface area (Å²) in [5.41, 5.74) is 2.44. The molecular formula is C19H27FN3O2S+. The van der Waals surface area contributed by atoms with Crippen LogP contribution in [0.5, 0.6) is 0 Å². The van der Waals surface area contributed by atoms with Gasteiger partial charge in [-0.2, -0.15) is 0 Å². The molecule has 2 rings (SSSR count). The van der Waals surface area contributed by atoms with E-state index in [0.29, 0.717) is 5.56 Å². The van der Waals surface area contributed by atoms with Crippen LogP contribution in [0, 0.1) is 12.7 Å². The smallest absolute Gasteiger partial charge is 0.240 e. The van der Waals surface area contributed by atoms with Crippen LogP contribution in [0.2, 0.25) is 0 Å². The van der Waals surface area contributed by atoms with Gasteiger partial charge in [0.05, 0.1) is 25.5 Å². The lowest BCUT2D eigenvalue weighted by molar-refractivity contribution is -0.890. The SMILES string of the molecule is Cc1cc(S(=O)(=O)NC[C@@H](c2ccc(N(C)C)cc2)[NH+](C)C)ccc1F. The molecule has 0 saturated heterocycles. The number of aryl methyl sites for hydroxylation is 1. The van der Waals surface area contributed by atoms with Crippen molar-refractivity contribution >= 4 is 15.7 Å². The number of sulfonamides is 1. The Balaban J connectivity index is 2.18. The van der Waals surface area contributed by atoms with Crippen molar-refractivity contribution < 1.29 is 17.7 Å². The molecule has 7 heteroatoms. The molecule has 0 unspecified atom stereocenters. The summed E-state index contributed by atoms with van der Waals surface area (Å²) < 4.78 is 41.1. The van der Waals surface area contributed by atoms with E-state index < -0.39 is 15.8 Å². The fourth-order valence-electron chi connectivity index (χ4n) is 2.72. The predicted octanol–water partition coefficient (Wildman–Crippen LogP) is 1.36. The zero-order valence-electron chi connectivity index (χ0n) is 15.9. The highest BCUT2D eigenvalue weighted by molar-refractivity contribution is 7.89. The molecule has 5 nitrogen and oxygen atoms in total. The van der Waals surface area contributed by atoms with Crippen molar-refractivity contribution in [3.8, 4) is 0 Å². The lowest BCUT2D eigenvalue weighted by Crippen LogP contribution is -3.07. The Morgan fingerprint density at radius 3 is 2.23 bits per heavy atom. The lowest BCUT2D eigenvalue weighted by atomic mass is 10.1. The first kappa shape index (κ1) is 20.4. The zero-order valence-corrected chi connectivity index (χ0v) is 16.7. The number of nitrogens with one attached hydrogen (secondary N) is 2. The number of benzene rings is 2. The number of nitrogens with zero attached hydrogens (tertiary/aromatic N) is 1. The largest absolute Gasteiger partial charge is 0.378 e. The minimum atomic E-state index is -3.70. The number of hydrogen-bond acceptors (Lipinski definition) is 3. The molecule has 1 atom stereocenters. The summed E-state index contributed by atoms with van der Waals surface area (Å²) in [6.07, 6.45) is 0. The number of likely N-dealkylation sites (N-methyl/N-ethyl adjacent to an activating group) is 1. The van der Waals surface area contributed by atoms with Crippen LogP contribution in [0.1, 0.15) is 17.2 Å². The van der Waals surface area contributed by atoms with Crippen molar-refractivity contribution in [2.75, 3.05) is 39.6 Å². The van der Waals surface area contributed by atoms with Gasteiger partial charge in [0.2, 0.25) is 10.0 Å². The van der Waals surface area contributed by atoms with Crippen molar-refractivity contribution in [2.24, 2.45) is 0 Å². The molecule has 0 bridgehead atoms. The molecule has 2 aromatic carbocycles. The van der Waals surface area contributed by atoms with E-state index in [1.54, 1.807) is 6.92 Å². The van der Waals surface area contributed by atoms with Crippen LogP contribution < -0.4 is 14.5 Å². The van der Waals surface area contributed by atoms with Crippen molar-refractivity contribution in [1.29, 1.82) is 0 Å². The predicted molar refractivity (Wildman–Crippen MR) is 103 cm³/mol. The molecule has 0 radical (unpaired) electrons. The normalized spacial score (nSPS) is 13.0. The van der Waals surface area contributed by atoms with Gasteiger partial charge in [-0.05, 0) is 42.8 Å². The van der Waals surface area contributed by atoms with Crippen molar-refractivity contribution in [1.82, 2.24) is 4.72 Å². The van der Waals surface area contributed by atoms with Crippen LogP contribution >= 0.6 is 0 Å². The first-order valence-corrected chi connectivity index (χ1v) is 9.93. The fraction of sp³-hybridized carbons (Fsp3) is 0.368. The first-order valence-electron chi connectivity index (χ1n) is 8.45. The third kappa shape index (κ3) is 4.81. The summed E-state index contributed by atoms with van der Waals surface area (Å²) in [4.78, 5) is 3.20. The molecule has 0 aliphatic carbocycles. The van der Waals surface area contributed by atoms with Gasteiger partial charge in [0.25, 0.3) is 0 Å². The molecule has 0 saturated carbocycles. The number of quaternary nitrogens is 1. The number of rotatable bonds is 7. The van der Waals surface area contributed by atoms with Crippen LogP contribution in [-0.4, -0.2) is 43.2 Å². The van der Waals surface area contributed by atoms with E-state index in [-0.39, 0.29) is 17.5 Å². The maximum Gasteiger partial charge on any atom is 0.240 e. The average Bonchev–Trinajstić information content (AvgIpc) is 2.57. The molecule has 0 fully saturated rings. The van der Waals surface area contributed by atoms with Crippen LogP contribution in [0.3, 0.4) is 0 Å². The molecule has 0 spiro atoms. The summed E-state index contributed by atoms with van der Waals surface area (Å²) >= 11 is 0. The van der Waals surface area contributed by atoms with Gasteiger partial charge >= 0.3 is 0 Å². The number of halogens is 1. The molecule has 26 heavy (non-hydrogen) atoms. The van der Waals surface area contributed by atoms with Gasteiger partial charge in [-0.25, -0.2) is 17.5 Å². The van der Waals surface area contributed by atoms with Crippen LogP contribution in [0.15, 0.2) is 47.4 Å². The van der Waals surface area contributed by atoms with E-state index in [9.17, 15) is 12.8 Å². The fourth-order valence-corrected chi connectivity index (χ4v) is 3.85. The number of hydrogen-bond donors (Lipinski definition) is 2. The molecule has 0 aliphatic rings. The average molecular weight is 381 g/mol. The second kappa shape index (κ2) is 8.16. The summed E-state index contributed by atoms with van der Waals surface area (Å²) in [6.45, 7) is 1.80. The minimum Gasteiger partial charge on any atom is -0.378 e. The third-order valence-corrected chi connectivity index (χ3v) is 5.85. The highest BCUT2D eigenvalue weighted by Gasteiger charge is 2.22. The van der Waals surface area contributed by atoms with Crippen LogP contribution in [-0.2, 0) is 10.0 Å². The molecule has 142 valence electrons. The quantitative estimate of drug-likeness (QED) is 0.763. The van der Waals surface area contributed by atoms with Gasteiger partial charge in [-0.1, -0.05) is 12.1 Å². The van der Waals surface area contributed by atoms with Crippen LogP contribution in [0.4, 0.5) is 10.1 Å². The van der Waals surface area contributed by atoms with Gasteiger partial charge in [0.1, 0.15) is 11.9 Å². The monoisotopic (exact) mass is 380 g/mol. The lowest BCUT2D eigenvalue weighted by Gasteiger charge is -2.23. The summed E-state index contributed by atoms with van der Waals surface area (Å²) in [5.74, 6) is -0.416. The van der Waals surface area contributed by atoms with E-state index in [0.717, 1.165) is 16.2 Å². The van der Waals surface area contributed by atoms with E-state index in [1.807, 2.05) is 57.4 Å². The maximum absolute atomic E-state index is 13.4. The molecular weight excluding hydrogens is 353 g/mol. The standard InChI is InChI=1S/C19H26FN3O2S/c1-14-12-17(10-11-18(14)20)26(24,25)21-13-19(23(4)5)15-6-8-16(9-7-15)22(2)3/h6-12,19,21H,13H2,1-5H3/p+1/t19-/m0/s1. The molecule has 2 aromatic rings. The molecule has 0 heterocycles. The van der Waals surface area contributed by atoms with Crippen molar-refractivity contribution in [2.45, 2.75) is 17.9 Å². The van der Waals surface area contributed by atoms with Crippen LogP contribution in [0.25, 0.3) is 0 Å². The van der Waals surface area contributed by atoms with E-state index in [4.69, 9.17) is 0 Å². The van der Waals surface area contributed by atoms with E-state index >= 15 is 0 Å². The molecule has 2 N–H and O–H groups in total. The minimum absolute atomic E-state index is 0.0393. The Bertz CT molecular complexity index is 850. The van der Waals surface area contributed by atoms with Gasteiger partial charge in [-0.3, -0.25) is 0 Å². The summed E-state index contributed by atoms with van der Waals surface area (Å²) in [6, 6.07) is 11.8. The second-order valence-corrected chi connectivity index (χ2v) is 8.65. The Morgan fingerprint density at radius 2 is 1.73 bits per heavy atom. The Labute approximate surface area is 155 Å². The van der Waals surface area contributed by atoms with Crippen molar-refractivity contribution in [3.05, 3.63) is 59.4 Å². The highest BCUT2D eigenvalue weighted by atomic mass is 32.2. The third-order valence-electron chi connectivity index (χ3n) is 4.43. The number of anilines is 1. The highest BCUT2D eigenvalue weighted by Crippen LogP contribution is 2.18. The topological polar surface area (TPSA) is 53.9 Å². The van der Waals surface area contributed by atoms with E-state index in [1.165, 1.54) is 18.2 Å². The molecule has 0 amide bonds.